The van der Waals surface area contributed by atoms with E-state index >= 15 is 0 Å². The molecule has 0 heterocycles. The predicted molar refractivity (Wildman–Crippen MR) is 65.6 cm³/mol. The highest BCUT2D eigenvalue weighted by atomic mass is 16.4. The number of hydrogen-bond donors (Lipinski definition) is 2. The Balaban J connectivity index is 2.33. The van der Waals surface area contributed by atoms with Crippen LogP contribution in [0, 0.1) is 11.8 Å². The number of amides is 1. The van der Waals surface area contributed by atoms with Crippen LogP contribution in [0.3, 0.4) is 0 Å². The molecule has 0 aromatic heterocycles. The van der Waals surface area contributed by atoms with Crippen LogP contribution in [0.2, 0.25) is 0 Å². The predicted octanol–water partition coefficient (Wildman–Crippen LogP) is 2.18. The Kier molecular flexibility index (Phi) is 5.45. The molecule has 1 saturated carbocycles. The second kappa shape index (κ2) is 6.62. The lowest BCUT2D eigenvalue weighted by molar-refractivity contribution is -0.141. The lowest BCUT2D eigenvalue weighted by Gasteiger charge is -2.24. The minimum atomic E-state index is -0.983. The van der Waals surface area contributed by atoms with Crippen LogP contribution in [0.5, 0.6) is 0 Å². The molecule has 0 aliphatic heterocycles. The van der Waals surface area contributed by atoms with Crippen LogP contribution in [0.1, 0.15) is 52.4 Å². The molecule has 1 aliphatic carbocycles. The molecule has 4 nitrogen and oxygen atoms in total. The summed E-state index contributed by atoms with van der Waals surface area (Å²) in [6.45, 7) is 3.38. The summed E-state index contributed by atoms with van der Waals surface area (Å²) in [5.74, 6) is -0.557. The van der Waals surface area contributed by atoms with Crippen LogP contribution in [-0.4, -0.2) is 23.0 Å². The van der Waals surface area contributed by atoms with E-state index in [2.05, 4.69) is 5.32 Å². The van der Waals surface area contributed by atoms with Gasteiger partial charge in [-0.05, 0) is 19.3 Å². The smallest absolute Gasteiger partial charge is 0.325 e. The largest absolute Gasteiger partial charge is 0.480 e. The van der Waals surface area contributed by atoms with Crippen molar-refractivity contribution < 1.29 is 14.7 Å². The molecule has 0 spiro atoms. The van der Waals surface area contributed by atoms with Gasteiger partial charge in [0.2, 0.25) is 5.91 Å². The van der Waals surface area contributed by atoms with E-state index in [1.54, 1.807) is 0 Å². The van der Waals surface area contributed by atoms with Crippen molar-refractivity contribution in [2.75, 3.05) is 0 Å². The van der Waals surface area contributed by atoms with E-state index in [0.717, 1.165) is 6.42 Å². The maximum Gasteiger partial charge on any atom is 0.325 e. The first-order valence-corrected chi connectivity index (χ1v) is 6.54. The van der Waals surface area contributed by atoms with E-state index in [1.165, 1.54) is 39.0 Å². The van der Waals surface area contributed by atoms with Gasteiger partial charge in [0.05, 0.1) is 0 Å². The fourth-order valence-electron chi connectivity index (χ4n) is 2.45. The van der Waals surface area contributed by atoms with Gasteiger partial charge in [0, 0.05) is 5.92 Å². The molecule has 2 atom stereocenters. The third kappa shape index (κ3) is 4.75. The maximum atomic E-state index is 11.8. The van der Waals surface area contributed by atoms with Crippen molar-refractivity contribution in [2.24, 2.45) is 11.8 Å². The number of carbonyl (C=O) groups is 2. The number of rotatable bonds is 5. The number of hydrogen-bond acceptors (Lipinski definition) is 2. The minimum Gasteiger partial charge on any atom is -0.480 e. The Morgan fingerprint density at radius 3 is 2.35 bits per heavy atom. The molecule has 17 heavy (non-hydrogen) atoms. The van der Waals surface area contributed by atoms with Gasteiger partial charge in [-0.15, -0.1) is 0 Å². The van der Waals surface area contributed by atoms with E-state index in [-0.39, 0.29) is 11.8 Å². The molecule has 0 aromatic rings. The molecule has 1 amide bonds. The summed E-state index contributed by atoms with van der Waals surface area (Å²) < 4.78 is 0. The highest BCUT2D eigenvalue weighted by molar-refractivity contribution is 5.84. The Morgan fingerprint density at radius 1 is 1.24 bits per heavy atom. The molecule has 1 aliphatic rings. The quantitative estimate of drug-likeness (QED) is 0.775. The molecule has 1 unspecified atom stereocenters. The van der Waals surface area contributed by atoms with Crippen LogP contribution in [0.15, 0.2) is 0 Å². The zero-order valence-corrected chi connectivity index (χ0v) is 10.7. The summed E-state index contributed by atoms with van der Waals surface area (Å²) >= 11 is 0. The van der Waals surface area contributed by atoms with E-state index in [0.29, 0.717) is 5.92 Å². The fourth-order valence-corrected chi connectivity index (χ4v) is 2.45. The summed E-state index contributed by atoms with van der Waals surface area (Å²) in [6.07, 6.45) is 7.17. The van der Waals surface area contributed by atoms with Crippen LogP contribution in [-0.2, 0) is 9.59 Å². The van der Waals surface area contributed by atoms with Crippen LogP contribution < -0.4 is 5.32 Å². The average Bonchev–Trinajstić information content (AvgIpc) is 2.29. The van der Waals surface area contributed by atoms with E-state index in [9.17, 15) is 9.59 Å². The van der Waals surface area contributed by atoms with Crippen molar-refractivity contribution in [1.29, 1.82) is 0 Å². The fraction of sp³-hybridized carbons (Fsp3) is 0.846. The first-order valence-electron chi connectivity index (χ1n) is 6.54. The monoisotopic (exact) mass is 241 g/mol. The Morgan fingerprint density at radius 2 is 1.82 bits per heavy atom. The lowest BCUT2D eigenvalue weighted by Crippen LogP contribution is -2.41. The van der Waals surface area contributed by atoms with Gasteiger partial charge in [0.15, 0.2) is 0 Å². The lowest BCUT2D eigenvalue weighted by atomic mass is 9.83. The van der Waals surface area contributed by atoms with Gasteiger partial charge in [-0.25, -0.2) is 0 Å². The van der Waals surface area contributed by atoms with Gasteiger partial charge in [-0.1, -0.05) is 39.0 Å². The highest BCUT2D eigenvalue weighted by Crippen LogP contribution is 2.28. The zero-order chi connectivity index (χ0) is 12.8. The highest BCUT2D eigenvalue weighted by Gasteiger charge is 2.23. The summed E-state index contributed by atoms with van der Waals surface area (Å²) in [7, 11) is 0. The number of carboxylic acids is 1. The van der Waals surface area contributed by atoms with Crippen molar-refractivity contribution in [3.63, 3.8) is 0 Å². The molecule has 0 saturated heterocycles. The second-order valence-corrected chi connectivity index (χ2v) is 5.21. The van der Waals surface area contributed by atoms with Crippen LogP contribution in [0.4, 0.5) is 0 Å². The van der Waals surface area contributed by atoms with Crippen molar-refractivity contribution in [3.8, 4) is 0 Å². The summed E-state index contributed by atoms with van der Waals surface area (Å²) in [5.41, 5.74) is 0. The van der Waals surface area contributed by atoms with Gasteiger partial charge < -0.3 is 10.4 Å². The molecule has 98 valence electrons. The topological polar surface area (TPSA) is 66.4 Å². The molecular formula is C13H23NO3. The van der Waals surface area contributed by atoms with Crippen molar-refractivity contribution in [1.82, 2.24) is 5.32 Å². The standard InChI is InChI=1S/C13H23NO3/c1-9(8-11-6-4-3-5-7-11)12(15)14-10(2)13(16)17/h9-11H,3-8H2,1-2H3,(H,14,15)(H,16,17)/t9?,10-/m0/s1. The number of aliphatic carboxylic acids is 1. The molecule has 4 heteroatoms. The Labute approximate surface area is 103 Å². The van der Waals surface area contributed by atoms with Crippen molar-refractivity contribution in [3.05, 3.63) is 0 Å². The van der Waals surface area contributed by atoms with E-state index < -0.39 is 12.0 Å². The van der Waals surface area contributed by atoms with Gasteiger partial charge in [-0.3, -0.25) is 9.59 Å². The summed E-state index contributed by atoms with van der Waals surface area (Å²) in [5, 5.41) is 11.2. The van der Waals surface area contributed by atoms with Gasteiger partial charge in [-0.2, -0.15) is 0 Å². The molecule has 1 rings (SSSR count). The number of carboxylic acid groups (broad SMARTS) is 1. The first kappa shape index (κ1) is 14.0. The van der Waals surface area contributed by atoms with Crippen molar-refractivity contribution >= 4 is 11.9 Å². The Hall–Kier alpha value is -1.06. The van der Waals surface area contributed by atoms with Gasteiger partial charge in [0.25, 0.3) is 0 Å². The van der Waals surface area contributed by atoms with Crippen LogP contribution >= 0.6 is 0 Å². The zero-order valence-electron chi connectivity index (χ0n) is 10.7. The van der Waals surface area contributed by atoms with Crippen molar-refractivity contribution in [2.45, 2.75) is 58.4 Å². The van der Waals surface area contributed by atoms with E-state index in [4.69, 9.17) is 5.11 Å². The van der Waals surface area contributed by atoms with Crippen LogP contribution in [0.25, 0.3) is 0 Å². The van der Waals surface area contributed by atoms with E-state index in [1.807, 2.05) is 6.92 Å². The third-order valence-corrected chi connectivity index (χ3v) is 3.59. The third-order valence-electron chi connectivity index (χ3n) is 3.59. The normalized spacial score (nSPS) is 20.6. The molecule has 0 radical (unpaired) electrons. The Bertz CT molecular complexity index is 272. The maximum absolute atomic E-state index is 11.8. The second-order valence-electron chi connectivity index (χ2n) is 5.21. The summed E-state index contributed by atoms with van der Waals surface area (Å²) in [4.78, 5) is 22.4. The number of nitrogens with one attached hydrogen (secondary N) is 1. The molecular weight excluding hydrogens is 218 g/mol. The summed E-state index contributed by atoms with van der Waals surface area (Å²) in [6, 6.07) is -0.795. The number of carbonyl (C=O) groups excluding carboxylic acids is 1. The molecule has 2 N–H and O–H groups in total. The SMILES string of the molecule is CC(CC1CCCCC1)C(=O)N[C@@H](C)C(=O)O. The van der Waals surface area contributed by atoms with Gasteiger partial charge >= 0.3 is 5.97 Å². The molecule has 0 bridgehead atoms. The molecule has 0 aromatic carbocycles. The average molecular weight is 241 g/mol. The molecule has 1 fully saturated rings. The first-order chi connectivity index (χ1) is 8.00. The minimum absolute atomic E-state index is 0.0834. The van der Waals surface area contributed by atoms with Gasteiger partial charge in [0.1, 0.15) is 6.04 Å².